The van der Waals surface area contributed by atoms with Gasteiger partial charge in [0, 0.05) is 61.0 Å². The van der Waals surface area contributed by atoms with E-state index in [1.165, 1.54) is 60.9 Å². The molecule has 1 atom stereocenters. The smallest absolute Gasteiger partial charge is 0.264 e. The van der Waals surface area contributed by atoms with Crippen LogP contribution in [0.5, 0.6) is 0 Å². The fourth-order valence-corrected chi connectivity index (χ4v) is 8.52. The number of carbonyl (C=O) groups excluding carboxylic acids is 4. The maximum absolute atomic E-state index is 14.0. The highest BCUT2D eigenvalue weighted by Gasteiger charge is 2.45. The molecule has 2 aromatic heterocycles. The van der Waals surface area contributed by atoms with Crippen LogP contribution in [0.4, 0.5) is 10.1 Å². The molecule has 11 nitrogen and oxygen atoms in total. The second-order valence-corrected chi connectivity index (χ2v) is 15.6. The molecular weight excluding hydrogens is 734 g/mol. The van der Waals surface area contributed by atoms with E-state index in [-0.39, 0.29) is 24.6 Å². The number of imide groups is 2. The monoisotopic (exact) mass is 785 g/mol. The van der Waals surface area contributed by atoms with Crippen LogP contribution in [-0.4, -0.2) is 62.2 Å². The number of halogens is 1. The number of piperidine rings is 1. The van der Waals surface area contributed by atoms with Gasteiger partial charge in [-0.3, -0.25) is 34.4 Å². The number of rotatable bonds is 18. The third-order valence-electron chi connectivity index (χ3n) is 11.4. The van der Waals surface area contributed by atoms with Crippen LogP contribution in [0.1, 0.15) is 108 Å². The summed E-state index contributed by atoms with van der Waals surface area (Å²) in [5.74, 6) is -2.27. The summed E-state index contributed by atoms with van der Waals surface area (Å²) in [6.45, 7) is 6.77. The molecule has 5 aromatic rings. The zero-order valence-electron chi connectivity index (χ0n) is 33.6. The van der Waals surface area contributed by atoms with Crippen molar-refractivity contribution in [1.82, 2.24) is 30.1 Å². The maximum atomic E-state index is 14.0. The molecule has 1 unspecified atom stereocenters. The van der Waals surface area contributed by atoms with E-state index in [0.717, 1.165) is 71.6 Å². The second-order valence-electron chi connectivity index (χ2n) is 15.6. The molecule has 3 aromatic carbocycles. The van der Waals surface area contributed by atoms with Crippen LogP contribution in [0.2, 0.25) is 0 Å². The summed E-state index contributed by atoms with van der Waals surface area (Å²) < 4.78 is 16.0. The Morgan fingerprint density at radius 3 is 2.22 bits per heavy atom. The molecule has 302 valence electrons. The molecule has 1 saturated heterocycles. The van der Waals surface area contributed by atoms with E-state index in [9.17, 15) is 23.6 Å². The Labute approximate surface area is 338 Å². The molecule has 0 spiro atoms. The Hall–Kier alpha value is -5.75. The number of carbonyl (C=O) groups is 4. The van der Waals surface area contributed by atoms with E-state index >= 15 is 0 Å². The van der Waals surface area contributed by atoms with Gasteiger partial charge < -0.3 is 15.2 Å². The van der Waals surface area contributed by atoms with Gasteiger partial charge in [0.2, 0.25) is 11.8 Å². The summed E-state index contributed by atoms with van der Waals surface area (Å²) in [6, 6.07) is 15.4. The second kappa shape index (κ2) is 18.2. The molecule has 4 heterocycles. The summed E-state index contributed by atoms with van der Waals surface area (Å²) in [6.07, 6.45) is 14.2. The predicted molar refractivity (Wildman–Crippen MR) is 224 cm³/mol. The van der Waals surface area contributed by atoms with E-state index in [2.05, 4.69) is 46.9 Å². The Balaban J connectivity index is 0.778. The number of aromatic nitrogens is 3. The van der Waals surface area contributed by atoms with Gasteiger partial charge in [0.1, 0.15) is 11.9 Å². The lowest BCUT2D eigenvalue weighted by molar-refractivity contribution is -0.136. The summed E-state index contributed by atoms with van der Waals surface area (Å²) in [5, 5.41) is 10.1. The van der Waals surface area contributed by atoms with Crippen LogP contribution in [0, 0.1) is 19.7 Å². The summed E-state index contributed by atoms with van der Waals surface area (Å²) in [5.41, 5.74) is 9.42. The van der Waals surface area contributed by atoms with Crippen molar-refractivity contribution in [2.24, 2.45) is 7.05 Å². The number of amides is 4. The molecule has 4 amide bonds. The Bertz CT molecular complexity index is 2330. The minimum Gasteiger partial charge on any atom is -0.384 e. The largest absolute Gasteiger partial charge is 0.384 e. The van der Waals surface area contributed by atoms with Crippen molar-refractivity contribution in [3.63, 3.8) is 0 Å². The number of anilines is 1. The molecule has 0 saturated carbocycles. The number of unbranched alkanes of at least 4 members (excludes halogenated alkanes) is 8. The predicted octanol–water partition coefficient (Wildman–Crippen LogP) is 8.17. The van der Waals surface area contributed by atoms with Crippen LogP contribution in [0.15, 0.2) is 67.1 Å². The molecule has 12 heteroatoms. The van der Waals surface area contributed by atoms with E-state index < -0.39 is 23.8 Å². The van der Waals surface area contributed by atoms with Crippen LogP contribution in [0.25, 0.3) is 33.4 Å². The van der Waals surface area contributed by atoms with Gasteiger partial charge in [-0.2, -0.15) is 0 Å². The van der Waals surface area contributed by atoms with Crippen molar-refractivity contribution in [1.29, 1.82) is 0 Å². The van der Waals surface area contributed by atoms with Gasteiger partial charge in [0.25, 0.3) is 11.8 Å². The van der Waals surface area contributed by atoms with Gasteiger partial charge in [-0.15, -0.1) is 0 Å². The van der Waals surface area contributed by atoms with Gasteiger partial charge >= 0.3 is 0 Å². The van der Waals surface area contributed by atoms with Crippen LogP contribution >= 0.6 is 0 Å². The van der Waals surface area contributed by atoms with Gasteiger partial charge in [0.05, 0.1) is 34.4 Å². The fraction of sp³-hybridized carbons (Fsp3) is 0.391. The molecular formula is C46H52FN7O4. The third-order valence-corrected chi connectivity index (χ3v) is 11.4. The number of imidazole rings is 1. The number of hydrogen-bond donors (Lipinski definition) is 3. The van der Waals surface area contributed by atoms with Gasteiger partial charge in [-0.1, -0.05) is 63.1 Å². The highest BCUT2D eigenvalue weighted by atomic mass is 19.1. The van der Waals surface area contributed by atoms with Crippen molar-refractivity contribution >= 4 is 40.2 Å². The van der Waals surface area contributed by atoms with E-state index in [4.69, 9.17) is 4.98 Å². The molecule has 0 aliphatic carbocycles. The first kappa shape index (κ1) is 40.4. The number of nitrogens with one attached hydrogen (secondary N) is 3. The Morgan fingerprint density at radius 2 is 1.50 bits per heavy atom. The summed E-state index contributed by atoms with van der Waals surface area (Å²) >= 11 is 0. The molecule has 2 aliphatic heterocycles. The highest BCUT2D eigenvalue weighted by molar-refractivity contribution is 6.25. The van der Waals surface area contributed by atoms with Crippen LogP contribution in [0.3, 0.4) is 0 Å². The minimum absolute atomic E-state index is 0.0973. The zero-order chi connectivity index (χ0) is 40.8. The van der Waals surface area contributed by atoms with Crippen molar-refractivity contribution in [3.8, 4) is 22.5 Å². The average molecular weight is 786 g/mol. The van der Waals surface area contributed by atoms with Crippen LogP contribution in [-0.2, 0) is 23.2 Å². The summed E-state index contributed by atoms with van der Waals surface area (Å²) in [4.78, 5) is 60.5. The number of fused-ring (bicyclic) bond motifs is 2. The van der Waals surface area contributed by atoms with Gasteiger partial charge in [0.15, 0.2) is 0 Å². The molecule has 0 bridgehead atoms. The lowest BCUT2D eigenvalue weighted by Crippen LogP contribution is -2.54. The third kappa shape index (κ3) is 8.72. The lowest BCUT2D eigenvalue weighted by Gasteiger charge is -2.27. The number of hydrogen-bond acceptors (Lipinski definition) is 8. The number of aryl methyl sites for hydroxylation is 3. The normalized spacial score (nSPS) is 15.4. The molecule has 0 radical (unpaired) electrons. The van der Waals surface area contributed by atoms with Crippen LogP contribution < -0.4 is 16.0 Å². The first-order valence-electron chi connectivity index (χ1n) is 20.6. The topological polar surface area (TPSA) is 138 Å². The number of nitrogens with zero attached hydrogens (tertiary/aromatic N) is 4. The number of benzene rings is 3. The quantitative estimate of drug-likeness (QED) is 0.0598. The minimum atomic E-state index is -0.967. The van der Waals surface area contributed by atoms with Gasteiger partial charge in [-0.25, -0.2) is 9.37 Å². The van der Waals surface area contributed by atoms with Crippen molar-refractivity contribution in [2.45, 2.75) is 97.1 Å². The van der Waals surface area contributed by atoms with Crippen molar-refractivity contribution in [2.75, 3.05) is 18.4 Å². The standard InChI is InChI=1S/C46H52FN7O4/c1-29-24-31(25-30(2)40(29)42-43(53(3)28-51-42)34-20-23-50-37-26-32(47)16-17-33(34)37)27-48-21-11-9-7-5-4-6-8-10-12-22-49-36-15-13-14-35-41(36)46(58)54(45(35)57)38-18-19-39(55)52-44(38)56/h13-17,20,23-26,28,38,48-49H,4-12,18-19,21-22,27H2,1-3H3,(H,52,55,56). The number of pyridine rings is 1. The van der Waals surface area contributed by atoms with E-state index in [0.29, 0.717) is 28.9 Å². The Morgan fingerprint density at radius 1 is 0.793 bits per heavy atom. The molecule has 7 rings (SSSR count). The zero-order valence-corrected chi connectivity index (χ0v) is 33.6. The average Bonchev–Trinajstić information content (AvgIpc) is 3.69. The molecule has 58 heavy (non-hydrogen) atoms. The first-order chi connectivity index (χ1) is 28.1. The van der Waals surface area contributed by atoms with Crippen molar-refractivity contribution < 1.29 is 23.6 Å². The van der Waals surface area contributed by atoms with E-state index in [1.54, 1.807) is 30.5 Å². The van der Waals surface area contributed by atoms with Crippen molar-refractivity contribution in [3.05, 3.63) is 101 Å². The fourth-order valence-electron chi connectivity index (χ4n) is 8.52. The first-order valence-corrected chi connectivity index (χ1v) is 20.6. The van der Waals surface area contributed by atoms with E-state index in [1.807, 2.05) is 24.0 Å². The molecule has 2 aliphatic rings. The highest BCUT2D eigenvalue weighted by Crippen LogP contribution is 2.38. The lowest BCUT2D eigenvalue weighted by atomic mass is 9.93. The Kier molecular flexibility index (Phi) is 12.7. The maximum Gasteiger partial charge on any atom is 0.264 e. The summed E-state index contributed by atoms with van der Waals surface area (Å²) in [7, 11) is 1.99. The SMILES string of the molecule is Cc1cc(CNCCCCCCCCCCCNc2cccc3c2C(=O)N(C2CCC(=O)NC2=O)C3=O)cc(C)c1-c1ncn(C)c1-c1ccnc2cc(F)ccc12. The molecule has 3 N–H and O–H groups in total. The van der Waals surface area contributed by atoms with Gasteiger partial charge in [-0.05, 0) is 86.7 Å². The molecule has 1 fully saturated rings.